The van der Waals surface area contributed by atoms with Crippen molar-refractivity contribution in [2.24, 2.45) is 0 Å². The number of thiazole rings is 1. The van der Waals surface area contributed by atoms with Crippen LogP contribution in [0.2, 0.25) is 0 Å². The SMILES string of the molecule is COc1ncc(-c2nn([C@@H](C)c3cc4scc(C#N)n4c(=O)c3-c3cccc(F)c3)c3ncnc(N)c23)cc1NS(=O)(=O)C1CC1. The molecule has 16 heteroatoms. The van der Waals surface area contributed by atoms with E-state index in [1.165, 1.54) is 53.6 Å². The zero-order chi connectivity index (χ0) is 32.3. The number of nitrogen functional groups attached to an aromatic ring is 1. The van der Waals surface area contributed by atoms with Crippen molar-refractivity contribution in [1.82, 2.24) is 29.1 Å². The number of anilines is 2. The maximum absolute atomic E-state index is 14.5. The molecule has 13 nitrogen and oxygen atoms in total. The van der Waals surface area contributed by atoms with Crippen molar-refractivity contribution in [2.75, 3.05) is 17.6 Å². The molecule has 1 aliphatic rings. The summed E-state index contributed by atoms with van der Waals surface area (Å²) in [6.45, 7) is 1.81. The van der Waals surface area contributed by atoms with Gasteiger partial charge in [0.2, 0.25) is 15.9 Å². The number of sulfonamides is 1. The Morgan fingerprint density at radius 3 is 2.72 bits per heavy atom. The molecule has 0 aliphatic heterocycles. The van der Waals surface area contributed by atoms with Crippen molar-refractivity contribution < 1.29 is 17.5 Å². The van der Waals surface area contributed by atoms with Crippen LogP contribution < -0.4 is 20.8 Å². The highest BCUT2D eigenvalue weighted by atomic mass is 32.2. The van der Waals surface area contributed by atoms with E-state index in [0.29, 0.717) is 51.1 Å². The largest absolute Gasteiger partial charge is 0.480 e. The van der Waals surface area contributed by atoms with Crippen LogP contribution in [0.4, 0.5) is 15.9 Å². The number of pyridine rings is 2. The predicted molar refractivity (Wildman–Crippen MR) is 171 cm³/mol. The van der Waals surface area contributed by atoms with Gasteiger partial charge in [-0.05, 0) is 55.2 Å². The van der Waals surface area contributed by atoms with E-state index in [4.69, 9.17) is 15.6 Å². The van der Waals surface area contributed by atoms with Gasteiger partial charge in [0.1, 0.15) is 45.9 Å². The number of ether oxygens (including phenoxy) is 1. The summed E-state index contributed by atoms with van der Waals surface area (Å²) in [7, 11) is -2.26. The zero-order valence-corrected chi connectivity index (χ0v) is 25.9. The van der Waals surface area contributed by atoms with Crippen LogP contribution in [0.3, 0.4) is 0 Å². The Morgan fingerprint density at radius 1 is 1.20 bits per heavy atom. The summed E-state index contributed by atoms with van der Waals surface area (Å²) >= 11 is 1.23. The van der Waals surface area contributed by atoms with Crippen molar-refractivity contribution >= 4 is 48.7 Å². The molecule has 46 heavy (non-hydrogen) atoms. The highest BCUT2D eigenvalue weighted by Crippen LogP contribution is 2.38. The number of rotatable bonds is 8. The van der Waals surface area contributed by atoms with Crippen LogP contribution in [0.15, 0.2) is 59.1 Å². The highest BCUT2D eigenvalue weighted by molar-refractivity contribution is 7.93. The summed E-state index contributed by atoms with van der Waals surface area (Å²) in [5, 5.41) is 16.0. The van der Waals surface area contributed by atoms with Crippen LogP contribution in [0.1, 0.15) is 37.1 Å². The van der Waals surface area contributed by atoms with Crippen molar-refractivity contribution in [3.63, 3.8) is 0 Å². The molecule has 0 spiro atoms. The number of halogens is 1. The molecule has 1 saturated carbocycles. The molecule has 6 aromatic rings. The van der Waals surface area contributed by atoms with Crippen molar-refractivity contribution in [2.45, 2.75) is 31.1 Å². The predicted octanol–water partition coefficient (Wildman–Crippen LogP) is 4.34. The number of fused-ring (bicyclic) bond motifs is 2. The maximum atomic E-state index is 14.5. The average Bonchev–Trinajstić information content (AvgIpc) is 3.71. The van der Waals surface area contributed by atoms with Crippen LogP contribution in [0.5, 0.6) is 5.88 Å². The molecule has 0 saturated heterocycles. The van der Waals surface area contributed by atoms with Gasteiger partial charge in [0.25, 0.3) is 5.56 Å². The van der Waals surface area contributed by atoms with Crippen LogP contribution >= 0.6 is 11.3 Å². The molecule has 7 rings (SSSR count). The number of nitrogens with one attached hydrogen (secondary N) is 1. The van der Waals surface area contributed by atoms with E-state index in [-0.39, 0.29) is 28.6 Å². The average molecular weight is 658 g/mol. The topological polar surface area (TPSA) is 183 Å². The van der Waals surface area contributed by atoms with Crippen LogP contribution in [0.25, 0.3) is 38.2 Å². The second-order valence-electron chi connectivity index (χ2n) is 10.8. The number of hydrogen-bond acceptors (Lipinski definition) is 11. The molecule has 1 aliphatic carbocycles. The van der Waals surface area contributed by atoms with E-state index < -0.39 is 32.7 Å². The third-order valence-corrected chi connectivity index (χ3v) is 10.6. The van der Waals surface area contributed by atoms with Gasteiger partial charge in [-0.3, -0.25) is 13.9 Å². The van der Waals surface area contributed by atoms with Gasteiger partial charge in [0, 0.05) is 17.1 Å². The van der Waals surface area contributed by atoms with E-state index in [9.17, 15) is 22.9 Å². The summed E-state index contributed by atoms with van der Waals surface area (Å²) in [5.41, 5.74) is 8.24. The van der Waals surface area contributed by atoms with Crippen molar-refractivity contribution in [3.05, 3.63) is 81.7 Å². The van der Waals surface area contributed by atoms with Crippen molar-refractivity contribution in [1.29, 1.82) is 5.26 Å². The molecular formula is C30H24FN9O4S2. The summed E-state index contributed by atoms with van der Waals surface area (Å²) < 4.78 is 50.8. The molecule has 0 amide bonds. The normalized spacial score (nSPS) is 14.0. The van der Waals surface area contributed by atoms with Crippen LogP contribution in [0, 0.1) is 17.1 Å². The molecule has 5 aromatic heterocycles. The number of nitriles is 1. The van der Waals surface area contributed by atoms with Gasteiger partial charge in [-0.1, -0.05) is 12.1 Å². The molecule has 1 fully saturated rings. The fourth-order valence-corrected chi connectivity index (χ4v) is 7.71. The summed E-state index contributed by atoms with van der Waals surface area (Å²) in [4.78, 5) is 27.5. The van der Waals surface area contributed by atoms with E-state index in [2.05, 4.69) is 19.7 Å². The summed E-state index contributed by atoms with van der Waals surface area (Å²) in [6, 6.07) is 10.4. The molecule has 232 valence electrons. The molecule has 5 heterocycles. The quantitative estimate of drug-likeness (QED) is 0.239. The fourth-order valence-electron chi connectivity index (χ4n) is 5.46. The molecule has 3 N–H and O–H groups in total. The first-order valence-corrected chi connectivity index (χ1v) is 16.4. The first-order valence-electron chi connectivity index (χ1n) is 14.0. The first-order chi connectivity index (χ1) is 22.1. The Hall–Kier alpha value is -5.40. The third-order valence-electron chi connectivity index (χ3n) is 7.83. The molecule has 1 atom stereocenters. The first kappa shape index (κ1) is 29.3. The fraction of sp³-hybridized carbons (Fsp3) is 0.200. The summed E-state index contributed by atoms with van der Waals surface area (Å²) in [6.07, 6.45) is 3.91. The van der Waals surface area contributed by atoms with E-state index in [1.54, 1.807) is 28.3 Å². The van der Waals surface area contributed by atoms with Gasteiger partial charge in [-0.15, -0.1) is 11.3 Å². The van der Waals surface area contributed by atoms with E-state index in [0.717, 1.165) is 0 Å². The smallest absolute Gasteiger partial charge is 0.265 e. The zero-order valence-electron chi connectivity index (χ0n) is 24.3. The van der Waals surface area contributed by atoms with Crippen molar-refractivity contribution in [3.8, 4) is 34.3 Å². The Balaban J connectivity index is 1.44. The highest BCUT2D eigenvalue weighted by Gasteiger charge is 2.36. The van der Waals surface area contributed by atoms with E-state index >= 15 is 0 Å². The lowest BCUT2D eigenvalue weighted by atomic mass is 9.97. The van der Waals surface area contributed by atoms with Gasteiger partial charge in [0.05, 0.1) is 29.4 Å². The lowest BCUT2D eigenvalue weighted by Gasteiger charge is -2.18. The molecule has 0 unspecified atom stereocenters. The maximum Gasteiger partial charge on any atom is 0.265 e. The van der Waals surface area contributed by atoms with Crippen LogP contribution in [-0.4, -0.2) is 49.9 Å². The Bertz CT molecular complexity index is 2410. The Morgan fingerprint density at radius 2 is 2.00 bits per heavy atom. The molecule has 0 bridgehead atoms. The number of nitrogens with two attached hydrogens (primary N) is 1. The monoisotopic (exact) mass is 657 g/mol. The number of aromatic nitrogens is 6. The van der Waals surface area contributed by atoms with Gasteiger partial charge in [-0.2, -0.15) is 10.4 Å². The number of benzene rings is 1. The third kappa shape index (κ3) is 4.80. The molecule has 1 aromatic carbocycles. The standard InChI is InChI=1S/C30H24FN9O4S2/c1-15(21-10-23-39(19(11-32)13-45-23)30(41)24(21)16-4-3-5-18(31)8-16)40-28-25(27(33)35-14-36-28)26(37-40)17-9-22(29(44-2)34-12-17)38-46(42,43)20-6-7-20/h3-5,8-10,12-15,20,38H,6-7H2,1-2H3,(H2,33,35,36)/t15-/m0/s1. The minimum atomic E-state index is -3.65. The van der Waals surface area contributed by atoms with Gasteiger partial charge in [0.15, 0.2) is 5.65 Å². The van der Waals surface area contributed by atoms with Gasteiger partial charge < -0.3 is 10.5 Å². The number of hydrogen-bond donors (Lipinski definition) is 2. The number of methoxy groups -OCH3 is 1. The van der Waals surface area contributed by atoms with E-state index in [1.807, 2.05) is 13.0 Å². The molecule has 0 radical (unpaired) electrons. The minimum absolute atomic E-state index is 0.0792. The second-order valence-corrected chi connectivity index (χ2v) is 13.6. The Kier molecular flexibility index (Phi) is 6.94. The van der Waals surface area contributed by atoms with Gasteiger partial charge in [-0.25, -0.2) is 32.4 Å². The lowest BCUT2D eigenvalue weighted by Crippen LogP contribution is -2.21. The second kappa shape index (κ2) is 10.9. The Labute approximate surface area is 264 Å². The number of nitrogens with zero attached hydrogens (tertiary/aromatic N) is 7. The molecular weight excluding hydrogens is 634 g/mol. The lowest BCUT2D eigenvalue weighted by molar-refractivity contribution is 0.400. The van der Waals surface area contributed by atoms with Crippen LogP contribution in [-0.2, 0) is 10.0 Å². The van der Waals surface area contributed by atoms with Gasteiger partial charge >= 0.3 is 0 Å². The minimum Gasteiger partial charge on any atom is -0.480 e. The summed E-state index contributed by atoms with van der Waals surface area (Å²) in [5.74, 6) is -0.332.